The Morgan fingerprint density at radius 3 is 2.35 bits per heavy atom. The topological polar surface area (TPSA) is 68.3 Å². The Kier molecular flexibility index (Phi) is 4.30. The highest BCUT2D eigenvalue weighted by Gasteiger charge is 2.20. The van der Waals surface area contributed by atoms with Crippen molar-refractivity contribution in [1.82, 2.24) is 0 Å². The third-order valence-corrected chi connectivity index (χ3v) is 4.15. The lowest BCUT2D eigenvalue weighted by Crippen LogP contribution is -2.04. The highest BCUT2D eigenvalue weighted by molar-refractivity contribution is 7.90. The molecule has 1 aromatic carbocycles. The molecule has 92 valence electrons. The van der Waals surface area contributed by atoms with Gasteiger partial charge in [-0.1, -0.05) is 23.2 Å². The first kappa shape index (κ1) is 14.2. The lowest BCUT2D eigenvalue weighted by Gasteiger charge is -2.07. The molecule has 0 aliphatic heterocycles. The minimum atomic E-state index is -3.51. The van der Waals surface area contributed by atoms with Crippen molar-refractivity contribution in [3.8, 4) is 0 Å². The van der Waals surface area contributed by atoms with Gasteiger partial charge in [-0.3, -0.25) is 4.79 Å². The normalized spacial score (nSPS) is 11.2. The van der Waals surface area contributed by atoms with Crippen LogP contribution < -0.4 is 0 Å². The number of halogens is 2. The maximum atomic E-state index is 11.5. The molecule has 0 N–H and O–H groups in total. The molecule has 0 aromatic heterocycles. The molecule has 0 fully saturated rings. The van der Waals surface area contributed by atoms with E-state index in [2.05, 4.69) is 0 Å². The summed E-state index contributed by atoms with van der Waals surface area (Å²) in [5, 5.41) is -0.354. The molecule has 0 bridgehead atoms. The Balaban J connectivity index is 3.39. The molecular weight excluding hydrogens is 287 g/mol. The summed E-state index contributed by atoms with van der Waals surface area (Å²) in [5.74, 6) is -0.507. The van der Waals surface area contributed by atoms with Crippen LogP contribution in [0, 0.1) is 0 Å². The van der Waals surface area contributed by atoms with E-state index in [1.165, 1.54) is 12.1 Å². The average Bonchev–Trinajstić information content (AvgIpc) is 2.20. The average molecular weight is 295 g/mol. The van der Waals surface area contributed by atoms with Crippen LogP contribution >= 0.6 is 23.2 Å². The monoisotopic (exact) mass is 294 g/mol. The number of Topliss-reactive ketones (excluding diaryl/α,β-unsaturated/α-hetero) is 1. The maximum Gasteiger partial charge on any atom is 0.177 e. The van der Waals surface area contributed by atoms with Gasteiger partial charge in [0.2, 0.25) is 0 Å². The highest BCUT2D eigenvalue weighted by atomic mass is 35.5. The van der Waals surface area contributed by atoms with Crippen LogP contribution in [0.1, 0.15) is 16.8 Å². The molecule has 0 unspecified atom stereocenters. The number of benzene rings is 1. The van der Waals surface area contributed by atoms with Gasteiger partial charge in [-0.05, 0) is 12.1 Å². The van der Waals surface area contributed by atoms with Crippen molar-refractivity contribution >= 4 is 45.1 Å². The van der Waals surface area contributed by atoms with Crippen LogP contribution in [0.15, 0.2) is 17.0 Å². The molecule has 1 aromatic rings. The van der Waals surface area contributed by atoms with Crippen molar-refractivity contribution in [3.63, 3.8) is 0 Å². The molecule has 4 nitrogen and oxygen atoms in total. The zero-order chi connectivity index (χ0) is 13.2. The van der Waals surface area contributed by atoms with E-state index in [0.29, 0.717) is 6.29 Å². The van der Waals surface area contributed by atoms with Gasteiger partial charge in [-0.15, -0.1) is 0 Å². The zero-order valence-electron chi connectivity index (χ0n) is 8.74. The van der Waals surface area contributed by atoms with Crippen LogP contribution in [0.5, 0.6) is 0 Å². The van der Waals surface area contributed by atoms with Crippen molar-refractivity contribution in [2.24, 2.45) is 0 Å². The van der Waals surface area contributed by atoms with E-state index in [1.54, 1.807) is 0 Å². The summed E-state index contributed by atoms with van der Waals surface area (Å²) in [7, 11) is -3.51. The first-order chi connectivity index (χ1) is 7.79. The largest absolute Gasteiger partial charge is 0.303 e. The summed E-state index contributed by atoms with van der Waals surface area (Å²) in [5.41, 5.74) is 0.0381. The first-order valence-corrected chi connectivity index (χ1v) is 7.08. The van der Waals surface area contributed by atoms with E-state index in [0.717, 1.165) is 6.26 Å². The van der Waals surface area contributed by atoms with E-state index in [9.17, 15) is 18.0 Å². The summed E-state index contributed by atoms with van der Waals surface area (Å²) >= 11 is 11.6. The van der Waals surface area contributed by atoms with Crippen molar-refractivity contribution in [3.05, 3.63) is 27.7 Å². The second-order valence-electron chi connectivity index (χ2n) is 3.31. The molecule has 0 aliphatic rings. The fourth-order valence-electron chi connectivity index (χ4n) is 1.22. The summed E-state index contributed by atoms with van der Waals surface area (Å²) in [6.07, 6.45) is 1.10. The number of hydrogen-bond acceptors (Lipinski definition) is 4. The lowest BCUT2D eigenvalue weighted by molar-refractivity contribution is -0.107. The number of carbonyl (C=O) groups excluding carboxylic acids is 2. The van der Waals surface area contributed by atoms with Gasteiger partial charge < -0.3 is 4.79 Å². The number of carbonyl (C=O) groups is 2. The number of rotatable bonds is 4. The zero-order valence-corrected chi connectivity index (χ0v) is 11.1. The fourth-order valence-corrected chi connectivity index (χ4v) is 2.87. The summed E-state index contributed by atoms with van der Waals surface area (Å²) in [6.45, 7) is 0. The number of ketones is 1. The molecule has 1 rings (SSSR count). The van der Waals surface area contributed by atoms with E-state index >= 15 is 0 Å². The molecule has 0 spiro atoms. The van der Waals surface area contributed by atoms with Crippen molar-refractivity contribution in [2.75, 3.05) is 6.26 Å². The summed E-state index contributed by atoms with van der Waals surface area (Å²) in [4.78, 5) is 21.5. The summed E-state index contributed by atoms with van der Waals surface area (Å²) < 4.78 is 22.7. The lowest BCUT2D eigenvalue weighted by atomic mass is 10.1. The van der Waals surface area contributed by atoms with E-state index in [4.69, 9.17) is 23.2 Å². The second kappa shape index (κ2) is 5.16. The molecular formula is C10H8Cl2O4S. The fraction of sp³-hybridized carbons (Fsp3) is 0.200. The van der Waals surface area contributed by atoms with Crippen molar-refractivity contribution in [1.29, 1.82) is 0 Å². The minimum absolute atomic E-state index is 0.0381. The van der Waals surface area contributed by atoms with Gasteiger partial charge >= 0.3 is 0 Å². The number of hydrogen-bond donors (Lipinski definition) is 0. The van der Waals surface area contributed by atoms with E-state index in [1.807, 2.05) is 0 Å². The third kappa shape index (κ3) is 3.06. The third-order valence-electron chi connectivity index (χ3n) is 2.02. The SMILES string of the molecule is CS(=O)(=O)c1ccc(C(=O)CC=O)c(Cl)c1Cl. The highest BCUT2D eigenvalue weighted by Crippen LogP contribution is 2.32. The molecule has 0 amide bonds. The van der Waals surface area contributed by atoms with Crippen LogP contribution in [0.2, 0.25) is 10.0 Å². The predicted octanol–water partition coefficient (Wildman–Crippen LogP) is 2.17. The van der Waals surface area contributed by atoms with Gasteiger partial charge in [0, 0.05) is 11.8 Å². The Morgan fingerprint density at radius 1 is 1.29 bits per heavy atom. The van der Waals surface area contributed by atoms with E-state index < -0.39 is 15.6 Å². The minimum Gasteiger partial charge on any atom is -0.303 e. The van der Waals surface area contributed by atoms with Crippen molar-refractivity contribution in [2.45, 2.75) is 11.3 Å². The van der Waals surface area contributed by atoms with Crippen LogP contribution in [-0.2, 0) is 14.6 Å². The molecule has 17 heavy (non-hydrogen) atoms. The van der Waals surface area contributed by atoms with Crippen LogP contribution in [0.4, 0.5) is 0 Å². The molecule has 0 radical (unpaired) electrons. The van der Waals surface area contributed by atoms with Crippen LogP contribution in [0.3, 0.4) is 0 Å². The molecule has 0 aliphatic carbocycles. The second-order valence-corrected chi connectivity index (χ2v) is 6.05. The molecule has 7 heteroatoms. The first-order valence-electron chi connectivity index (χ1n) is 4.44. The van der Waals surface area contributed by atoms with Gasteiger partial charge in [0.25, 0.3) is 0 Å². The number of aldehydes is 1. The van der Waals surface area contributed by atoms with Crippen molar-refractivity contribution < 1.29 is 18.0 Å². The van der Waals surface area contributed by atoms with Gasteiger partial charge in [0.15, 0.2) is 15.6 Å². The Morgan fingerprint density at radius 2 is 1.88 bits per heavy atom. The Bertz CT molecular complexity index is 578. The van der Waals surface area contributed by atoms with Gasteiger partial charge in [-0.2, -0.15) is 0 Å². The molecule has 0 heterocycles. The quantitative estimate of drug-likeness (QED) is 0.485. The Hall–Kier alpha value is -0.910. The molecule has 0 saturated heterocycles. The predicted molar refractivity (Wildman–Crippen MR) is 64.6 cm³/mol. The van der Waals surface area contributed by atoms with Gasteiger partial charge in [-0.25, -0.2) is 8.42 Å². The number of sulfone groups is 1. The maximum absolute atomic E-state index is 11.5. The van der Waals surface area contributed by atoms with Gasteiger partial charge in [0.1, 0.15) is 6.29 Å². The molecule has 0 saturated carbocycles. The van der Waals surface area contributed by atoms with Crippen LogP contribution in [0.25, 0.3) is 0 Å². The van der Waals surface area contributed by atoms with Crippen LogP contribution in [-0.4, -0.2) is 26.7 Å². The molecule has 0 atom stereocenters. The summed E-state index contributed by atoms with van der Waals surface area (Å²) in [6, 6.07) is 2.44. The standard InChI is InChI=1S/C10H8Cl2O4S/c1-17(15,16)8-3-2-6(7(14)4-5-13)9(11)10(8)12/h2-3,5H,4H2,1H3. The van der Waals surface area contributed by atoms with Gasteiger partial charge in [0.05, 0.1) is 21.4 Å². The smallest absolute Gasteiger partial charge is 0.177 e. The van der Waals surface area contributed by atoms with E-state index in [-0.39, 0.29) is 26.9 Å². The Labute approximate surface area is 108 Å².